The molecule has 3 aliphatic heterocycles. The number of nitrogens with zero attached hydrogens (tertiary/aromatic N) is 2. The van der Waals surface area contributed by atoms with Gasteiger partial charge in [-0.3, -0.25) is 4.79 Å². The van der Waals surface area contributed by atoms with E-state index in [1.807, 2.05) is 18.2 Å². The van der Waals surface area contributed by atoms with Crippen LogP contribution in [0.3, 0.4) is 0 Å². The number of ether oxygens (including phenoxy) is 1. The minimum Gasteiger partial charge on any atom is -0.497 e. The molecule has 2 unspecified atom stereocenters. The van der Waals surface area contributed by atoms with Gasteiger partial charge in [0.15, 0.2) is 0 Å². The molecule has 1 aromatic rings. The van der Waals surface area contributed by atoms with Crippen LogP contribution in [0.15, 0.2) is 29.4 Å². The lowest BCUT2D eigenvalue weighted by Gasteiger charge is -2.39. The predicted octanol–water partition coefficient (Wildman–Crippen LogP) is 3.42. The summed E-state index contributed by atoms with van der Waals surface area (Å²) in [7, 11) is 1.67. The second-order valence-corrected chi connectivity index (χ2v) is 8.91. The van der Waals surface area contributed by atoms with E-state index in [0.717, 1.165) is 35.4 Å². The first-order chi connectivity index (χ1) is 13.2. The monoisotopic (exact) mass is 368 g/mol. The first-order valence-corrected chi connectivity index (χ1v) is 10.3. The highest BCUT2D eigenvalue weighted by atomic mass is 16.6. The van der Waals surface area contributed by atoms with Crippen molar-refractivity contribution in [3.8, 4) is 5.75 Å². The molecule has 27 heavy (non-hydrogen) atoms. The molecule has 2 aliphatic carbocycles. The summed E-state index contributed by atoms with van der Waals surface area (Å²) in [5.74, 6) is 3.39. The second-order valence-electron chi connectivity index (χ2n) is 8.91. The number of fused-ring (bicyclic) bond motifs is 1. The van der Waals surface area contributed by atoms with Crippen LogP contribution in [0.25, 0.3) is 0 Å². The number of hydrogen-bond acceptors (Lipinski definition) is 4. The fraction of sp³-hybridized carbons (Fsp3) is 0.636. The Morgan fingerprint density at radius 1 is 1.19 bits per heavy atom. The van der Waals surface area contributed by atoms with Gasteiger partial charge in [0.2, 0.25) is 6.10 Å². The highest BCUT2D eigenvalue weighted by molar-refractivity contribution is 5.94. The van der Waals surface area contributed by atoms with Gasteiger partial charge in [-0.2, -0.15) is 0 Å². The van der Waals surface area contributed by atoms with Crippen molar-refractivity contribution in [3.05, 3.63) is 29.8 Å². The third-order valence-electron chi connectivity index (χ3n) is 6.94. The van der Waals surface area contributed by atoms with Crippen molar-refractivity contribution in [2.75, 3.05) is 13.7 Å². The molecule has 5 atom stereocenters. The zero-order valence-corrected chi connectivity index (χ0v) is 16.0. The quantitative estimate of drug-likeness (QED) is 0.818. The maximum atomic E-state index is 13.2. The van der Waals surface area contributed by atoms with E-state index in [1.54, 1.807) is 7.11 Å². The van der Waals surface area contributed by atoms with Crippen LogP contribution in [0.1, 0.15) is 44.1 Å². The van der Waals surface area contributed by atoms with Gasteiger partial charge < -0.3 is 14.5 Å². The van der Waals surface area contributed by atoms with Gasteiger partial charge >= 0.3 is 0 Å². The molecule has 5 nitrogen and oxygen atoms in total. The van der Waals surface area contributed by atoms with E-state index < -0.39 is 6.10 Å². The van der Waals surface area contributed by atoms with Gasteiger partial charge in [-0.25, -0.2) is 0 Å². The molecule has 2 saturated carbocycles. The number of hydrogen-bond donors (Lipinski definition) is 0. The Hall–Kier alpha value is -2.04. The first kappa shape index (κ1) is 17.1. The van der Waals surface area contributed by atoms with Gasteiger partial charge in [-0.15, -0.1) is 0 Å². The summed E-state index contributed by atoms with van der Waals surface area (Å²) in [4.78, 5) is 21.0. The molecule has 4 fully saturated rings. The summed E-state index contributed by atoms with van der Waals surface area (Å²) in [6.45, 7) is 0.932. The van der Waals surface area contributed by atoms with Gasteiger partial charge in [-0.1, -0.05) is 17.3 Å². The minimum absolute atomic E-state index is 0.164. The van der Waals surface area contributed by atoms with Gasteiger partial charge in [-0.05, 0) is 67.6 Å². The molecule has 1 aromatic carbocycles. The lowest BCUT2D eigenvalue weighted by atomic mass is 9.68. The molecule has 5 heteroatoms. The number of methoxy groups -OCH3 is 1. The highest BCUT2D eigenvalue weighted by Crippen LogP contribution is 2.47. The van der Waals surface area contributed by atoms with Crippen molar-refractivity contribution in [1.82, 2.24) is 4.90 Å². The summed E-state index contributed by atoms with van der Waals surface area (Å²) in [5.41, 5.74) is 2.08. The van der Waals surface area contributed by atoms with E-state index >= 15 is 0 Å². The van der Waals surface area contributed by atoms with Gasteiger partial charge in [0.25, 0.3) is 5.91 Å². The Morgan fingerprint density at radius 3 is 2.74 bits per heavy atom. The number of carbonyl (C=O) groups excluding carboxylic acids is 1. The Morgan fingerprint density at radius 2 is 1.96 bits per heavy atom. The number of oxime groups is 1. The average molecular weight is 368 g/mol. The number of rotatable bonds is 4. The maximum absolute atomic E-state index is 13.2. The fourth-order valence-corrected chi connectivity index (χ4v) is 5.92. The van der Waals surface area contributed by atoms with Crippen LogP contribution < -0.4 is 4.74 Å². The van der Waals surface area contributed by atoms with E-state index in [2.05, 4.69) is 16.1 Å². The molecule has 5 aliphatic rings. The van der Waals surface area contributed by atoms with Crippen molar-refractivity contribution in [2.45, 2.75) is 57.1 Å². The molecule has 144 valence electrons. The predicted molar refractivity (Wildman–Crippen MR) is 103 cm³/mol. The standard InChI is InChI=1S/C22H28N2O3/c1-26-20-4-2-3-14(11-20)8-18-12-21(27-23-18)22(25)24-13-17-6-15-5-16(7-17)10-19(24)9-15/h2-4,11,15-17,19,21H,5-10,12-13H2,1H3/t15-,16+,17?,19?,21-/m0/s1. The van der Waals surface area contributed by atoms with Crippen molar-refractivity contribution in [2.24, 2.45) is 22.9 Å². The number of amides is 1. The largest absolute Gasteiger partial charge is 0.497 e. The summed E-state index contributed by atoms with van der Waals surface area (Å²) >= 11 is 0. The van der Waals surface area contributed by atoms with Crippen molar-refractivity contribution < 1.29 is 14.4 Å². The van der Waals surface area contributed by atoms with Crippen molar-refractivity contribution in [3.63, 3.8) is 0 Å². The molecular formula is C22H28N2O3. The molecule has 0 N–H and O–H groups in total. The summed E-state index contributed by atoms with van der Waals surface area (Å²) in [6, 6.07) is 8.42. The normalized spacial score (nSPS) is 34.2. The Balaban J connectivity index is 1.23. The third-order valence-corrected chi connectivity index (χ3v) is 6.94. The van der Waals surface area contributed by atoms with E-state index in [1.165, 1.54) is 32.1 Å². The van der Waals surface area contributed by atoms with E-state index in [0.29, 0.717) is 24.8 Å². The molecular weight excluding hydrogens is 340 g/mol. The summed E-state index contributed by atoms with van der Waals surface area (Å²) < 4.78 is 5.29. The Labute approximate surface area is 160 Å². The fourth-order valence-electron chi connectivity index (χ4n) is 5.92. The molecule has 6 rings (SSSR count). The zero-order chi connectivity index (χ0) is 18.4. The SMILES string of the molecule is COc1cccc(CC2=NO[C@H](C(=O)N3CC4C[C@@H]5CC3C[C@H](C4)C5)C2)c1. The molecule has 0 aromatic heterocycles. The minimum atomic E-state index is -0.429. The molecule has 1 amide bonds. The van der Waals surface area contributed by atoms with Gasteiger partial charge in [0, 0.05) is 25.4 Å². The van der Waals surface area contributed by atoms with Crippen LogP contribution in [0.5, 0.6) is 5.75 Å². The Kier molecular flexibility index (Phi) is 4.33. The van der Waals surface area contributed by atoms with Crippen LogP contribution in [0, 0.1) is 17.8 Å². The number of benzene rings is 1. The van der Waals surface area contributed by atoms with Crippen molar-refractivity contribution >= 4 is 11.6 Å². The van der Waals surface area contributed by atoms with Crippen LogP contribution in [0.4, 0.5) is 0 Å². The number of carbonyl (C=O) groups is 1. The van der Waals surface area contributed by atoms with Gasteiger partial charge in [0.05, 0.1) is 12.8 Å². The van der Waals surface area contributed by atoms with Crippen molar-refractivity contribution in [1.29, 1.82) is 0 Å². The summed E-state index contributed by atoms with van der Waals surface area (Å²) in [6.07, 6.45) is 7.31. The van der Waals surface area contributed by atoms with Crippen LogP contribution in [-0.4, -0.2) is 42.3 Å². The van der Waals surface area contributed by atoms with E-state index in [-0.39, 0.29) is 5.91 Å². The topological polar surface area (TPSA) is 51.1 Å². The first-order valence-electron chi connectivity index (χ1n) is 10.3. The lowest BCUT2D eigenvalue weighted by Crippen LogP contribution is -2.46. The summed E-state index contributed by atoms with van der Waals surface area (Å²) in [5, 5.41) is 4.24. The molecule has 0 radical (unpaired) electrons. The van der Waals surface area contributed by atoms with Crippen LogP contribution >= 0.6 is 0 Å². The zero-order valence-electron chi connectivity index (χ0n) is 16.0. The van der Waals surface area contributed by atoms with E-state index in [4.69, 9.17) is 9.57 Å². The molecule has 0 spiro atoms. The lowest BCUT2D eigenvalue weighted by molar-refractivity contribution is -0.145. The third kappa shape index (κ3) is 3.32. The average Bonchev–Trinajstić information content (AvgIpc) is 3.04. The van der Waals surface area contributed by atoms with Crippen LogP contribution in [0.2, 0.25) is 0 Å². The second kappa shape index (κ2) is 6.84. The smallest absolute Gasteiger partial charge is 0.267 e. The molecule has 2 saturated heterocycles. The highest BCUT2D eigenvalue weighted by Gasteiger charge is 2.46. The van der Waals surface area contributed by atoms with Gasteiger partial charge in [0.1, 0.15) is 5.75 Å². The molecule has 3 heterocycles. The Bertz CT molecular complexity index is 748. The van der Waals surface area contributed by atoms with Crippen LogP contribution in [-0.2, 0) is 16.1 Å². The van der Waals surface area contributed by atoms with E-state index in [9.17, 15) is 4.79 Å². The molecule has 4 bridgehead atoms. The maximum Gasteiger partial charge on any atom is 0.267 e.